The van der Waals surface area contributed by atoms with E-state index in [2.05, 4.69) is 73.5 Å². The number of aliphatic carboxylic acids is 1. The average molecular weight is 530 g/mol. The fourth-order valence-electron chi connectivity index (χ4n) is 4.69. The van der Waals surface area contributed by atoms with Crippen LogP contribution >= 0.6 is 11.3 Å². The number of carbonyl (C=O) groups is 1. The molecule has 0 radical (unpaired) electrons. The van der Waals surface area contributed by atoms with Crippen molar-refractivity contribution in [2.75, 3.05) is 44.3 Å². The maximum atomic E-state index is 9.00. The number of aliphatic imine (C=N–C) groups is 1. The molecule has 0 amide bonds. The van der Waals surface area contributed by atoms with Crippen LogP contribution in [0.15, 0.2) is 53.7 Å². The molecule has 10 heteroatoms. The lowest BCUT2D eigenvalue weighted by atomic mass is 10.00. The van der Waals surface area contributed by atoms with Gasteiger partial charge in [0.05, 0.1) is 6.54 Å². The van der Waals surface area contributed by atoms with E-state index in [-0.39, 0.29) is 5.95 Å². The highest BCUT2D eigenvalue weighted by Crippen LogP contribution is 2.39. The lowest BCUT2D eigenvalue weighted by molar-refractivity contribution is -0.134. The van der Waals surface area contributed by atoms with Crippen LogP contribution in [0, 0.1) is 0 Å². The third kappa shape index (κ3) is 6.16. The Balaban J connectivity index is 0.000000689. The minimum Gasteiger partial charge on any atom is -0.481 e. The van der Waals surface area contributed by atoms with Crippen LogP contribution in [0.1, 0.15) is 23.6 Å². The van der Waals surface area contributed by atoms with Gasteiger partial charge in [-0.3, -0.25) is 14.7 Å². The summed E-state index contributed by atoms with van der Waals surface area (Å²) in [5.41, 5.74) is 11.8. The smallest absolute Gasteiger partial charge is 0.300 e. The summed E-state index contributed by atoms with van der Waals surface area (Å²) in [6.45, 7) is 7.36. The van der Waals surface area contributed by atoms with Gasteiger partial charge < -0.3 is 21.1 Å². The number of likely N-dealkylation sites (N-methyl/N-ethyl adjacent to an activating group) is 1. The van der Waals surface area contributed by atoms with Crippen molar-refractivity contribution in [1.82, 2.24) is 19.8 Å². The van der Waals surface area contributed by atoms with Gasteiger partial charge >= 0.3 is 0 Å². The van der Waals surface area contributed by atoms with Crippen LogP contribution in [-0.2, 0) is 17.9 Å². The van der Waals surface area contributed by atoms with Crippen molar-refractivity contribution >= 4 is 51.1 Å². The first-order valence-corrected chi connectivity index (χ1v) is 13.3. The van der Waals surface area contributed by atoms with Gasteiger partial charge in [0, 0.05) is 72.9 Å². The molecule has 0 atom stereocenters. The first-order valence-electron chi connectivity index (χ1n) is 12.5. The van der Waals surface area contributed by atoms with E-state index in [0.29, 0.717) is 12.4 Å². The summed E-state index contributed by atoms with van der Waals surface area (Å²) in [5.74, 6) is 0.100. The molecule has 38 heavy (non-hydrogen) atoms. The Labute approximate surface area is 225 Å². The number of hydrogen-bond donors (Lipinski definition) is 3. The van der Waals surface area contributed by atoms with Crippen molar-refractivity contribution in [3.63, 3.8) is 0 Å². The Hall–Kier alpha value is -3.86. The number of nitrogens with one attached hydrogen (secondary N) is 1. The van der Waals surface area contributed by atoms with Gasteiger partial charge in [0.2, 0.25) is 5.95 Å². The van der Waals surface area contributed by atoms with Crippen molar-refractivity contribution in [3.8, 4) is 10.4 Å². The molecule has 0 aliphatic carbocycles. The van der Waals surface area contributed by atoms with Gasteiger partial charge in [-0.05, 0) is 65.5 Å². The van der Waals surface area contributed by atoms with Crippen LogP contribution in [0.2, 0.25) is 0 Å². The summed E-state index contributed by atoms with van der Waals surface area (Å²) in [4.78, 5) is 28.0. The Morgan fingerprint density at radius 3 is 2.68 bits per heavy atom. The van der Waals surface area contributed by atoms with Gasteiger partial charge in [-0.15, -0.1) is 11.3 Å². The molecule has 1 saturated heterocycles. The molecule has 2 aliphatic heterocycles. The Kier molecular flexibility index (Phi) is 7.64. The highest BCUT2D eigenvalue weighted by molar-refractivity contribution is 7.22. The number of nitrogens with two attached hydrogens (primary N) is 1. The molecule has 196 valence electrons. The number of aromatic nitrogens is 2. The number of nitrogens with zero attached hydrogens (tertiary/aromatic N) is 5. The second-order valence-electron chi connectivity index (χ2n) is 9.57. The number of fused-ring (bicyclic) bond motifs is 2. The van der Waals surface area contributed by atoms with E-state index < -0.39 is 5.97 Å². The molecule has 6 rings (SSSR count). The summed E-state index contributed by atoms with van der Waals surface area (Å²) in [5, 5.41) is 12.1. The summed E-state index contributed by atoms with van der Waals surface area (Å²) >= 11 is 1.84. The number of anilines is 3. The zero-order valence-corrected chi connectivity index (χ0v) is 22.3. The second kappa shape index (κ2) is 11.3. The molecule has 0 bridgehead atoms. The highest BCUT2D eigenvalue weighted by atomic mass is 32.1. The van der Waals surface area contributed by atoms with Crippen LogP contribution in [0.25, 0.3) is 20.5 Å². The minimum atomic E-state index is -0.833. The van der Waals surface area contributed by atoms with E-state index in [0.717, 1.165) is 50.9 Å². The number of nitrogen functional groups attached to an aromatic ring is 1. The van der Waals surface area contributed by atoms with Crippen LogP contribution < -0.4 is 11.1 Å². The summed E-state index contributed by atoms with van der Waals surface area (Å²) in [6, 6.07) is 15.4. The van der Waals surface area contributed by atoms with Crippen molar-refractivity contribution in [2.24, 2.45) is 4.99 Å². The highest BCUT2D eigenvalue weighted by Gasteiger charge is 2.18. The van der Waals surface area contributed by atoms with Gasteiger partial charge in [0.15, 0.2) is 0 Å². The molecule has 0 saturated carbocycles. The molecular weight excluding hydrogens is 498 g/mol. The monoisotopic (exact) mass is 529 g/mol. The molecule has 4 N–H and O–H groups in total. The largest absolute Gasteiger partial charge is 0.481 e. The number of carboxylic acids is 1. The SMILES string of the molecule is CC(=O)O.CN1CCN(Cc2ccc3sc(-c4cc(Nc5ccnc(N)n5)cc5c4CN=C5)cc3c2)CC1. The predicted octanol–water partition coefficient (Wildman–Crippen LogP) is 4.45. The van der Waals surface area contributed by atoms with Crippen molar-refractivity contribution < 1.29 is 9.90 Å². The van der Waals surface area contributed by atoms with Gasteiger partial charge in [-0.25, -0.2) is 4.98 Å². The predicted molar refractivity (Wildman–Crippen MR) is 154 cm³/mol. The van der Waals surface area contributed by atoms with Gasteiger partial charge in [-0.2, -0.15) is 4.98 Å². The van der Waals surface area contributed by atoms with Crippen LogP contribution in [0.5, 0.6) is 0 Å². The van der Waals surface area contributed by atoms with Crippen LogP contribution in [-0.4, -0.2) is 70.3 Å². The number of piperazine rings is 1. The number of thiophene rings is 1. The second-order valence-corrected chi connectivity index (χ2v) is 10.7. The standard InChI is InChI=1S/C26H27N7S.C2H4O2/c1-32-6-8-33(9-7-32)16-17-2-3-23-18(10-17)12-24(34-23)21-13-20(11-19-14-28-15-22(19)21)30-25-4-5-29-26(27)31-25;1-2(3)4/h2-5,10-14H,6-9,15-16H2,1H3,(H3,27,29,30,31);1H3,(H,3,4). The van der Waals surface area contributed by atoms with Crippen LogP contribution in [0.3, 0.4) is 0 Å². The zero-order chi connectivity index (χ0) is 26.6. The molecule has 0 unspecified atom stereocenters. The molecular formula is C28H31N7O2S. The molecule has 1 fully saturated rings. The first-order chi connectivity index (χ1) is 18.3. The summed E-state index contributed by atoms with van der Waals surface area (Å²) < 4.78 is 1.31. The summed E-state index contributed by atoms with van der Waals surface area (Å²) in [7, 11) is 2.20. The normalized spacial score (nSPS) is 15.2. The number of hydrogen-bond acceptors (Lipinski definition) is 9. The van der Waals surface area contributed by atoms with E-state index in [9.17, 15) is 0 Å². The maximum absolute atomic E-state index is 9.00. The fraction of sp³-hybridized carbons (Fsp3) is 0.286. The Bertz CT molecular complexity index is 1490. The van der Waals surface area contributed by atoms with Gasteiger partial charge in [0.1, 0.15) is 5.82 Å². The third-order valence-corrected chi connectivity index (χ3v) is 7.71. The van der Waals surface area contributed by atoms with Crippen molar-refractivity contribution in [2.45, 2.75) is 20.0 Å². The van der Waals surface area contributed by atoms with E-state index in [1.807, 2.05) is 23.6 Å². The quantitative estimate of drug-likeness (QED) is 0.347. The molecule has 2 aromatic carbocycles. The molecule has 4 heterocycles. The molecule has 0 spiro atoms. The van der Waals surface area contributed by atoms with Gasteiger partial charge in [0.25, 0.3) is 5.97 Å². The molecule has 2 aliphatic rings. The summed E-state index contributed by atoms with van der Waals surface area (Å²) in [6.07, 6.45) is 3.62. The lowest BCUT2D eigenvalue weighted by Gasteiger charge is -2.32. The molecule has 9 nitrogen and oxygen atoms in total. The zero-order valence-electron chi connectivity index (χ0n) is 21.5. The number of benzene rings is 2. The lowest BCUT2D eigenvalue weighted by Crippen LogP contribution is -2.43. The minimum absolute atomic E-state index is 0.254. The van der Waals surface area contributed by atoms with E-state index in [4.69, 9.17) is 15.6 Å². The van der Waals surface area contributed by atoms with Crippen molar-refractivity contribution in [3.05, 3.63) is 65.4 Å². The van der Waals surface area contributed by atoms with E-state index in [1.165, 1.54) is 31.7 Å². The third-order valence-electron chi connectivity index (χ3n) is 6.56. The number of carboxylic acid groups (broad SMARTS) is 1. The van der Waals surface area contributed by atoms with Gasteiger partial charge in [-0.1, -0.05) is 6.07 Å². The first kappa shape index (κ1) is 25.8. The Morgan fingerprint density at radius 1 is 1.13 bits per heavy atom. The number of rotatable bonds is 5. The van der Waals surface area contributed by atoms with Crippen molar-refractivity contribution in [1.29, 1.82) is 0 Å². The molecule has 4 aromatic rings. The van der Waals surface area contributed by atoms with E-state index >= 15 is 0 Å². The van der Waals surface area contributed by atoms with E-state index in [1.54, 1.807) is 6.20 Å². The van der Waals surface area contributed by atoms with Crippen LogP contribution in [0.4, 0.5) is 17.5 Å². The Morgan fingerprint density at radius 2 is 1.92 bits per heavy atom. The maximum Gasteiger partial charge on any atom is 0.300 e. The molecule has 2 aromatic heterocycles. The fourth-order valence-corrected chi connectivity index (χ4v) is 5.78. The topological polar surface area (TPSA) is 120 Å². The average Bonchev–Trinajstić information content (AvgIpc) is 3.51.